The highest BCUT2D eigenvalue weighted by atomic mass is 19.1. The molecule has 2 nitrogen and oxygen atoms in total. The average Bonchev–Trinajstić information content (AvgIpc) is 2.51. The summed E-state index contributed by atoms with van der Waals surface area (Å²) in [5.41, 5.74) is 3.68. The molecule has 4 heteroatoms. The van der Waals surface area contributed by atoms with Gasteiger partial charge in [0.1, 0.15) is 5.82 Å². The van der Waals surface area contributed by atoms with Crippen molar-refractivity contribution in [1.82, 2.24) is 0 Å². The molecule has 0 spiro atoms. The van der Waals surface area contributed by atoms with E-state index in [0.29, 0.717) is 5.92 Å². The number of benzene rings is 2. The lowest BCUT2D eigenvalue weighted by molar-refractivity contribution is 0.395. The van der Waals surface area contributed by atoms with Gasteiger partial charge in [0.25, 0.3) is 0 Å². The first kappa shape index (κ1) is 16.6. The minimum atomic E-state index is -0.654. The molecule has 2 aromatic carbocycles. The molecule has 0 bridgehead atoms. The third-order valence-electron chi connectivity index (χ3n) is 4.92. The largest absolute Gasteiger partial charge is 0.369 e. The number of nitrogens with zero attached hydrogens (tertiary/aromatic N) is 2. The molecule has 0 fully saturated rings. The summed E-state index contributed by atoms with van der Waals surface area (Å²) in [6, 6.07) is 9.58. The Bertz CT molecular complexity index is 796. The highest BCUT2D eigenvalue weighted by Crippen LogP contribution is 2.42. The van der Waals surface area contributed by atoms with Crippen LogP contribution in [0.2, 0.25) is 0 Å². The average molecular weight is 328 g/mol. The van der Waals surface area contributed by atoms with E-state index >= 15 is 0 Å². The molecule has 1 atom stereocenters. The number of hydrogen-bond donors (Lipinski definition) is 0. The molecule has 0 radical (unpaired) electrons. The van der Waals surface area contributed by atoms with E-state index in [9.17, 15) is 8.78 Å². The van der Waals surface area contributed by atoms with Crippen LogP contribution < -0.4 is 4.90 Å². The van der Waals surface area contributed by atoms with Crippen LogP contribution in [-0.4, -0.2) is 18.8 Å². The number of hydrogen-bond acceptors (Lipinski definition) is 2. The van der Waals surface area contributed by atoms with Crippen LogP contribution in [0.4, 0.5) is 20.2 Å². The van der Waals surface area contributed by atoms with Crippen molar-refractivity contribution in [2.24, 2.45) is 4.99 Å². The maximum absolute atomic E-state index is 13.7. The lowest BCUT2D eigenvalue weighted by Crippen LogP contribution is -2.45. The fourth-order valence-electron chi connectivity index (χ4n) is 3.41. The van der Waals surface area contributed by atoms with Crippen molar-refractivity contribution >= 4 is 17.6 Å². The monoisotopic (exact) mass is 328 g/mol. The highest BCUT2D eigenvalue weighted by molar-refractivity contribution is 5.83. The van der Waals surface area contributed by atoms with Crippen molar-refractivity contribution in [2.45, 2.75) is 38.6 Å². The molecule has 1 heterocycles. The van der Waals surface area contributed by atoms with E-state index in [0.717, 1.165) is 18.1 Å². The Morgan fingerprint density at radius 2 is 1.92 bits per heavy atom. The molecule has 0 aliphatic carbocycles. The molecule has 126 valence electrons. The predicted octanol–water partition coefficient (Wildman–Crippen LogP) is 5.44. The summed E-state index contributed by atoms with van der Waals surface area (Å²) in [5, 5.41) is 0. The maximum Gasteiger partial charge on any atom is 0.151 e. The first-order valence-electron chi connectivity index (χ1n) is 8.15. The third kappa shape index (κ3) is 3.05. The Labute approximate surface area is 141 Å². The minimum Gasteiger partial charge on any atom is -0.369 e. The van der Waals surface area contributed by atoms with Gasteiger partial charge in [0.15, 0.2) is 5.82 Å². The van der Waals surface area contributed by atoms with Gasteiger partial charge in [0, 0.05) is 30.6 Å². The van der Waals surface area contributed by atoms with Gasteiger partial charge in [0.2, 0.25) is 0 Å². The summed E-state index contributed by atoms with van der Waals surface area (Å²) in [6.45, 7) is 6.73. The lowest BCUT2D eigenvalue weighted by Gasteiger charge is -2.45. The number of aliphatic imine (C=N–C) groups is 1. The van der Waals surface area contributed by atoms with Gasteiger partial charge < -0.3 is 4.90 Å². The second-order valence-corrected chi connectivity index (χ2v) is 7.15. The molecule has 0 N–H and O–H groups in total. The second-order valence-electron chi connectivity index (χ2n) is 7.15. The first-order chi connectivity index (χ1) is 11.3. The number of anilines is 1. The Morgan fingerprint density at radius 1 is 1.17 bits per heavy atom. The van der Waals surface area contributed by atoms with E-state index in [1.807, 2.05) is 6.07 Å². The molecular formula is C20H22F2N2. The third-order valence-corrected chi connectivity index (χ3v) is 4.92. The Kier molecular flexibility index (Phi) is 4.16. The molecular weight excluding hydrogens is 306 g/mol. The molecule has 0 amide bonds. The maximum atomic E-state index is 13.7. The molecule has 1 aliphatic heterocycles. The zero-order valence-electron chi connectivity index (χ0n) is 14.5. The SMILES string of the molecule is CC1CC(C)(C)N(C)c2ccc(C=Nc3ccc(F)cc3F)cc21. The molecule has 1 unspecified atom stereocenters. The normalized spacial score (nSPS) is 19.6. The van der Waals surface area contributed by atoms with Crippen LogP contribution in [0.15, 0.2) is 41.4 Å². The van der Waals surface area contributed by atoms with Crippen molar-refractivity contribution in [3.8, 4) is 0 Å². The van der Waals surface area contributed by atoms with Crippen molar-refractivity contribution in [3.63, 3.8) is 0 Å². The smallest absolute Gasteiger partial charge is 0.151 e. The van der Waals surface area contributed by atoms with E-state index in [1.165, 1.54) is 23.4 Å². The molecule has 3 rings (SSSR count). The molecule has 0 saturated carbocycles. The zero-order valence-corrected chi connectivity index (χ0v) is 14.5. The van der Waals surface area contributed by atoms with Crippen molar-refractivity contribution < 1.29 is 8.78 Å². The van der Waals surface area contributed by atoms with Gasteiger partial charge in [-0.3, -0.25) is 4.99 Å². The molecule has 0 aromatic heterocycles. The Hall–Kier alpha value is -2.23. The summed E-state index contributed by atoms with van der Waals surface area (Å²) >= 11 is 0. The van der Waals surface area contributed by atoms with Gasteiger partial charge in [-0.1, -0.05) is 13.0 Å². The van der Waals surface area contributed by atoms with Gasteiger partial charge in [-0.15, -0.1) is 0 Å². The van der Waals surface area contributed by atoms with Crippen LogP contribution in [0.5, 0.6) is 0 Å². The van der Waals surface area contributed by atoms with Crippen LogP contribution >= 0.6 is 0 Å². The summed E-state index contributed by atoms with van der Waals surface area (Å²) in [4.78, 5) is 6.47. The minimum absolute atomic E-state index is 0.124. The van der Waals surface area contributed by atoms with Crippen molar-refractivity contribution in [3.05, 3.63) is 59.2 Å². The van der Waals surface area contributed by atoms with E-state index in [1.54, 1.807) is 6.21 Å². The fraction of sp³-hybridized carbons (Fsp3) is 0.350. The predicted molar refractivity (Wildman–Crippen MR) is 95.6 cm³/mol. The quantitative estimate of drug-likeness (QED) is 0.671. The highest BCUT2D eigenvalue weighted by Gasteiger charge is 2.33. The molecule has 24 heavy (non-hydrogen) atoms. The lowest BCUT2D eigenvalue weighted by atomic mass is 9.80. The summed E-state index contributed by atoms with van der Waals surface area (Å²) < 4.78 is 26.6. The van der Waals surface area contributed by atoms with E-state index in [-0.39, 0.29) is 11.2 Å². The number of halogens is 2. The first-order valence-corrected chi connectivity index (χ1v) is 8.15. The number of rotatable bonds is 2. The van der Waals surface area contributed by atoms with Gasteiger partial charge in [-0.25, -0.2) is 8.78 Å². The van der Waals surface area contributed by atoms with E-state index in [4.69, 9.17) is 0 Å². The molecule has 1 aliphatic rings. The summed E-state index contributed by atoms with van der Waals surface area (Å²) in [6.07, 6.45) is 2.70. The van der Waals surface area contributed by atoms with Crippen LogP contribution in [0.1, 0.15) is 44.2 Å². The van der Waals surface area contributed by atoms with Crippen LogP contribution in [0.25, 0.3) is 0 Å². The summed E-state index contributed by atoms with van der Waals surface area (Å²) in [5.74, 6) is -0.805. The standard InChI is InChI=1S/C20H22F2N2/c1-13-11-20(2,3)24(4)19-8-5-14(9-16(13)19)12-23-18-7-6-15(21)10-17(18)22/h5-10,12-13H,11H2,1-4H3. The zero-order chi connectivity index (χ0) is 17.5. The molecule has 2 aromatic rings. The summed E-state index contributed by atoms with van der Waals surface area (Å²) in [7, 11) is 2.12. The topological polar surface area (TPSA) is 15.6 Å². The van der Waals surface area contributed by atoms with Gasteiger partial charge in [-0.05, 0) is 61.6 Å². The van der Waals surface area contributed by atoms with Crippen LogP contribution in [0, 0.1) is 11.6 Å². The Balaban J connectivity index is 1.92. The molecule has 0 saturated heterocycles. The van der Waals surface area contributed by atoms with Crippen molar-refractivity contribution in [1.29, 1.82) is 0 Å². The van der Waals surface area contributed by atoms with Gasteiger partial charge >= 0.3 is 0 Å². The number of fused-ring (bicyclic) bond motifs is 1. The van der Waals surface area contributed by atoms with Crippen LogP contribution in [-0.2, 0) is 0 Å². The fourth-order valence-corrected chi connectivity index (χ4v) is 3.41. The Morgan fingerprint density at radius 3 is 2.62 bits per heavy atom. The second kappa shape index (κ2) is 6.00. The van der Waals surface area contributed by atoms with E-state index < -0.39 is 11.6 Å². The van der Waals surface area contributed by atoms with Crippen LogP contribution in [0.3, 0.4) is 0 Å². The van der Waals surface area contributed by atoms with Gasteiger partial charge in [0.05, 0.1) is 5.69 Å². The van der Waals surface area contributed by atoms with Gasteiger partial charge in [-0.2, -0.15) is 0 Å². The van der Waals surface area contributed by atoms with E-state index in [2.05, 4.69) is 49.8 Å². The van der Waals surface area contributed by atoms with Crippen molar-refractivity contribution in [2.75, 3.05) is 11.9 Å².